The Balaban J connectivity index is 1.85. The monoisotopic (exact) mass is 450 g/mol. The van der Waals surface area contributed by atoms with Crippen molar-refractivity contribution in [2.24, 2.45) is 40.4 Å². The van der Waals surface area contributed by atoms with Gasteiger partial charge in [0.05, 0.1) is 12.2 Å². The van der Waals surface area contributed by atoms with Gasteiger partial charge in [-0.1, -0.05) is 32.4 Å². The fourth-order valence-electron chi connectivity index (χ4n) is 7.42. The lowest BCUT2D eigenvalue weighted by Crippen LogP contribution is -2.48. The molecule has 8 atom stereocenters. The molecule has 0 saturated heterocycles. The number of allylic oxidation sites excluding steroid dienone is 1. The molecule has 184 valence electrons. The van der Waals surface area contributed by atoms with E-state index in [0.29, 0.717) is 50.2 Å². The van der Waals surface area contributed by atoms with Crippen LogP contribution in [-0.4, -0.2) is 51.6 Å². The molecule has 0 amide bonds. The molecule has 8 unspecified atom stereocenters. The zero-order valence-electron chi connectivity index (χ0n) is 20.6. The van der Waals surface area contributed by atoms with Crippen LogP contribution in [0.25, 0.3) is 0 Å². The Bertz CT molecular complexity index is 688. The standard InChI is InChI=1S/C27H46O5/c1-17(2)5-10-24(31)21(16-29)23-9-8-22(27(23,4)13-14-28)20-7-6-18-15-19(30)11-12-26(18,3)25(20)32/h6,17,19-24,28-31H,5,7-16H2,1-4H3. The number of ketones is 1. The molecular formula is C27H46O5. The van der Waals surface area contributed by atoms with Crippen molar-refractivity contribution >= 4 is 5.78 Å². The molecule has 32 heavy (non-hydrogen) atoms. The molecule has 2 fully saturated rings. The van der Waals surface area contributed by atoms with Crippen LogP contribution in [0.2, 0.25) is 0 Å². The largest absolute Gasteiger partial charge is 0.396 e. The summed E-state index contributed by atoms with van der Waals surface area (Å²) >= 11 is 0. The minimum Gasteiger partial charge on any atom is -0.396 e. The first-order valence-corrected chi connectivity index (χ1v) is 12.9. The number of hydrogen-bond donors (Lipinski definition) is 4. The molecule has 0 aromatic rings. The molecular weight excluding hydrogens is 404 g/mol. The van der Waals surface area contributed by atoms with Gasteiger partial charge in [0.25, 0.3) is 0 Å². The molecule has 3 rings (SSSR count). The minimum atomic E-state index is -0.560. The van der Waals surface area contributed by atoms with Gasteiger partial charge in [-0.15, -0.1) is 0 Å². The Morgan fingerprint density at radius 1 is 1.12 bits per heavy atom. The van der Waals surface area contributed by atoms with Crippen LogP contribution in [0.15, 0.2) is 11.6 Å². The van der Waals surface area contributed by atoms with Crippen LogP contribution in [-0.2, 0) is 4.79 Å². The lowest BCUT2D eigenvalue weighted by Gasteiger charge is -2.48. The summed E-state index contributed by atoms with van der Waals surface area (Å²) in [6.07, 6.45) is 7.94. The molecule has 3 aliphatic carbocycles. The number of aliphatic hydroxyl groups is 4. The number of carbonyl (C=O) groups is 1. The fourth-order valence-corrected chi connectivity index (χ4v) is 7.42. The van der Waals surface area contributed by atoms with E-state index in [9.17, 15) is 25.2 Å². The maximum absolute atomic E-state index is 13.8. The summed E-state index contributed by atoms with van der Waals surface area (Å²) in [5, 5.41) is 41.3. The van der Waals surface area contributed by atoms with Gasteiger partial charge in [0.1, 0.15) is 5.78 Å². The highest BCUT2D eigenvalue weighted by atomic mass is 16.3. The van der Waals surface area contributed by atoms with E-state index in [1.54, 1.807) is 0 Å². The van der Waals surface area contributed by atoms with Gasteiger partial charge in [0.2, 0.25) is 0 Å². The van der Waals surface area contributed by atoms with Crippen molar-refractivity contribution in [2.75, 3.05) is 13.2 Å². The normalized spacial score (nSPS) is 39.7. The molecule has 0 heterocycles. The van der Waals surface area contributed by atoms with E-state index < -0.39 is 11.5 Å². The van der Waals surface area contributed by atoms with Crippen LogP contribution >= 0.6 is 0 Å². The molecule has 5 heteroatoms. The first kappa shape index (κ1) is 25.9. The van der Waals surface area contributed by atoms with Crippen molar-refractivity contribution in [1.29, 1.82) is 0 Å². The molecule has 0 bridgehead atoms. The minimum absolute atomic E-state index is 0.0508. The predicted molar refractivity (Wildman–Crippen MR) is 126 cm³/mol. The van der Waals surface area contributed by atoms with Gasteiger partial charge in [-0.25, -0.2) is 0 Å². The third-order valence-electron chi connectivity index (χ3n) is 9.52. The second-order valence-corrected chi connectivity index (χ2v) is 11.8. The van der Waals surface area contributed by atoms with E-state index >= 15 is 0 Å². The SMILES string of the molecule is CC(C)CCC(O)C(CO)C1CCC(C2CC=C3CC(O)CCC3(C)C2=O)C1(C)CCO. The fraction of sp³-hybridized carbons (Fsp3) is 0.889. The summed E-state index contributed by atoms with van der Waals surface area (Å²) in [6, 6.07) is 0. The molecule has 0 aliphatic heterocycles. The van der Waals surface area contributed by atoms with Gasteiger partial charge < -0.3 is 20.4 Å². The second kappa shape index (κ2) is 10.2. The van der Waals surface area contributed by atoms with Crippen LogP contribution < -0.4 is 0 Å². The van der Waals surface area contributed by atoms with Gasteiger partial charge >= 0.3 is 0 Å². The first-order valence-electron chi connectivity index (χ1n) is 12.9. The van der Waals surface area contributed by atoms with E-state index in [-0.39, 0.29) is 48.4 Å². The van der Waals surface area contributed by atoms with Crippen molar-refractivity contribution in [3.63, 3.8) is 0 Å². The smallest absolute Gasteiger partial charge is 0.146 e. The molecule has 4 N–H and O–H groups in total. The Labute approximate surface area is 194 Å². The topological polar surface area (TPSA) is 98.0 Å². The summed E-state index contributed by atoms with van der Waals surface area (Å²) in [7, 11) is 0. The van der Waals surface area contributed by atoms with Crippen LogP contribution in [0.3, 0.4) is 0 Å². The number of carbonyl (C=O) groups excluding carboxylic acids is 1. The third-order valence-corrected chi connectivity index (χ3v) is 9.52. The summed E-state index contributed by atoms with van der Waals surface area (Å²) in [5.41, 5.74) is 0.332. The number of aliphatic hydroxyl groups excluding tert-OH is 4. The Hall–Kier alpha value is -0.750. The Morgan fingerprint density at radius 3 is 2.47 bits per heavy atom. The highest BCUT2D eigenvalue weighted by molar-refractivity contribution is 5.91. The molecule has 3 aliphatic rings. The summed E-state index contributed by atoms with van der Waals surface area (Å²) in [4.78, 5) is 13.8. The molecule has 0 aromatic carbocycles. The average Bonchev–Trinajstić information content (AvgIpc) is 3.06. The summed E-state index contributed by atoms with van der Waals surface area (Å²) in [5.74, 6) is 0.719. The maximum Gasteiger partial charge on any atom is 0.146 e. The van der Waals surface area contributed by atoms with Gasteiger partial charge in [-0.3, -0.25) is 4.79 Å². The first-order chi connectivity index (χ1) is 15.1. The number of rotatable bonds is 9. The van der Waals surface area contributed by atoms with Gasteiger partial charge in [-0.2, -0.15) is 0 Å². The van der Waals surface area contributed by atoms with E-state index in [1.165, 1.54) is 0 Å². The molecule has 0 spiro atoms. The maximum atomic E-state index is 13.8. The van der Waals surface area contributed by atoms with Crippen molar-refractivity contribution < 1.29 is 25.2 Å². The predicted octanol–water partition coefficient (Wildman–Crippen LogP) is 3.87. The summed E-state index contributed by atoms with van der Waals surface area (Å²) in [6.45, 7) is 8.52. The van der Waals surface area contributed by atoms with Gasteiger partial charge in [-0.05, 0) is 87.9 Å². The third kappa shape index (κ3) is 4.73. The molecule has 0 radical (unpaired) electrons. The van der Waals surface area contributed by atoms with Crippen LogP contribution in [0, 0.1) is 40.4 Å². The number of fused-ring (bicyclic) bond motifs is 1. The van der Waals surface area contributed by atoms with E-state index in [4.69, 9.17) is 0 Å². The van der Waals surface area contributed by atoms with Crippen LogP contribution in [0.1, 0.15) is 85.5 Å². The Morgan fingerprint density at radius 2 is 1.84 bits per heavy atom. The Kier molecular flexibility index (Phi) is 8.28. The van der Waals surface area contributed by atoms with Crippen molar-refractivity contribution in [3.8, 4) is 0 Å². The lowest BCUT2D eigenvalue weighted by atomic mass is 9.55. The highest BCUT2D eigenvalue weighted by Crippen LogP contribution is 2.59. The molecule has 2 saturated carbocycles. The van der Waals surface area contributed by atoms with Crippen LogP contribution in [0.4, 0.5) is 0 Å². The highest BCUT2D eigenvalue weighted by Gasteiger charge is 2.56. The van der Waals surface area contributed by atoms with Crippen LogP contribution in [0.5, 0.6) is 0 Å². The van der Waals surface area contributed by atoms with Gasteiger partial charge in [0.15, 0.2) is 0 Å². The van der Waals surface area contributed by atoms with Gasteiger partial charge in [0, 0.05) is 30.5 Å². The second-order valence-electron chi connectivity index (χ2n) is 11.8. The number of Topliss-reactive ketones (excluding diaryl/α,β-unsaturated/α-hetero) is 1. The van der Waals surface area contributed by atoms with E-state index in [2.05, 4.69) is 33.8 Å². The zero-order chi connectivity index (χ0) is 23.7. The lowest BCUT2D eigenvalue weighted by molar-refractivity contribution is -0.137. The molecule has 5 nitrogen and oxygen atoms in total. The number of hydrogen-bond acceptors (Lipinski definition) is 5. The molecule has 0 aromatic heterocycles. The summed E-state index contributed by atoms with van der Waals surface area (Å²) < 4.78 is 0. The van der Waals surface area contributed by atoms with Crippen molar-refractivity contribution in [1.82, 2.24) is 0 Å². The van der Waals surface area contributed by atoms with Crippen molar-refractivity contribution in [3.05, 3.63) is 11.6 Å². The quantitative estimate of drug-likeness (QED) is 0.400. The van der Waals surface area contributed by atoms with Crippen molar-refractivity contribution in [2.45, 2.75) is 97.7 Å². The van der Waals surface area contributed by atoms with E-state index in [0.717, 1.165) is 24.8 Å². The average molecular weight is 451 g/mol. The van der Waals surface area contributed by atoms with E-state index in [1.807, 2.05) is 0 Å². The zero-order valence-corrected chi connectivity index (χ0v) is 20.6.